The highest BCUT2D eigenvalue weighted by Gasteiger charge is 2.20. The highest BCUT2D eigenvalue weighted by molar-refractivity contribution is 4.81. The molecule has 0 aromatic rings. The van der Waals surface area contributed by atoms with E-state index < -0.39 is 0 Å². The van der Waals surface area contributed by atoms with E-state index >= 15 is 0 Å². The van der Waals surface area contributed by atoms with Crippen molar-refractivity contribution >= 4 is 0 Å². The molecule has 0 unspecified atom stereocenters. The van der Waals surface area contributed by atoms with E-state index in [2.05, 4.69) is 19.3 Å². The van der Waals surface area contributed by atoms with Crippen molar-refractivity contribution < 1.29 is 0 Å². The van der Waals surface area contributed by atoms with Crippen molar-refractivity contribution in [1.29, 1.82) is 0 Å². The normalized spacial score (nSPS) is 25.1. The predicted molar refractivity (Wildman–Crippen MR) is 77.5 cm³/mol. The lowest BCUT2D eigenvalue weighted by molar-refractivity contribution is 0.305. The molecule has 1 saturated carbocycles. The average molecular weight is 239 g/mol. The van der Waals surface area contributed by atoms with E-state index in [0.29, 0.717) is 5.54 Å². The highest BCUT2D eigenvalue weighted by atomic mass is 14.9. The Hall–Kier alpha value is -0.0400. The van der Waals surface area contributed by atoms with Crippen molar-refractivity contribution in [2.24, 2.45) is 0 Å². The Morgan fingerprint density at radius 3 is 1.18 bits per heavy atom. The predicted octanol–water partition coefficient (Wildman–Crippen LogP) is 5.05. The summed E-state index contributed by atoms with van der Waals surface area (Å²) in [7, 11) is 2.14. The van der Waals surface area contributed by atoms with Gasteiger partial charge in [-0.3, -0.25) is 0 Å². The lowest BCUT2D eigenvalue weighted by Gasteiger charge is -2.29. The average Bonchev–Trinajstić information content (AvgIpc) is 2.34. The smallest absolute Gasteiger partial charge is 0.0150 e. The van der Waals surface area contributed by atoms with Crippen molar-refractivity contribution in [2.45, 2.75) is 95.9 Å². The second kappa shape index (κ2) is 8.97. The van der Waals surface area contributed by atoms with Crippen LogP contribution >= 0.6 is 0 Å². The van der Waals surface area contributed by atoms with Crippen LogP contribution in [0.15, 0.2) is 0 Å². The van der Waals surface area contributed by atoms with Crippen molar-refractivity contribution in [3.8, 4) is 0 Å². The first kappa shape index (κ1) is 15.0. The number of hydrogen-bond acceptors (Lipinski definition) is 1. The number of hydrogen-bond donors (Lipinski definition) is 1. The number of nitrogens with one attached hydrogen (secondary N) is 1. The molecule has 0 heterocycles. The summed E-state index contributed by atoms with van der Waals surface area (Å²) < 4.78 is 0. The van der Waals surface area contributed by atoms with Crippen LogP contribution in [0.4, 0.5) is 0 Å². The fourth-order valence-electron chi connectivity index (χ4n) is 3.00. The largest absolute Gasteiger partial charge is 0.315 e. The molecule has 17 heavy (non-hydrogen) atoms. The van der Waals surface area contributed by atoms with Crippen LogP contribution in [0.5, 0.6) is 0 Å². The van der Waals surface area contributed by atoms with E-state index in [-0.39, 0.29) is 0 Å². The third-order valence-corrected chi connectivity index (χ3v) is 4.56. The quantitative estimate of drug-likeness (QED) is 0.675. The standard InChI is InChI=1S/C16H33N/c1-16(17-2)14-12-10-8-6-4-3-5-7-9-11-13-15-16/h17H,3-15H2,1-2H3. The van der Waals surface area contributed by atoms with E-state index in [9.17, 15) is 0 Å². The van der Waals surface area contributed by atoms with Gasteiger partial charge in [-0.2, -0.15) is 0 Å². The fourth-order valence-corrected chi connectivity index (χ4v) is 3.00. The second-order valence-electron chi connectivity index (χ2n) is 6.20. The first-order chi connectivity index (χ1) is 8.27. The van der Waals surface area contributed by atoms with E-state index in [1.807, 2.05) is 0 Å². The van der Waals surface area contributed by atoms with Gasteiger partial charge in [0.25, 0.3) is 0 Å². The molecule has 0 bridgehead atoms. The van der Waals surface area contributed by atoms with Gasteiger partial charge in [0, 0.05) is 5.54 Å². The van der Waals surface area contributed by atoms with Crippen LogP contribution < -0.4 is 5.32 Å². The SMILES string of the molecule is CNC1(C)CCCCCCCCCCCCC1. The Morgan fingerprint density at radius 2 is 0.882 bits per heavy atom. The maximum Gasteiger partial charge on any atom is 0.0150 e. The van der Waals surface area contributed by atoms with Gasteiger partial charge in [0.15, 0.2) is 0 Å². The molecular weight excluding hydrogens is 206 g/mol. The summed E-state index contributed by atoms with van der Waals surface area (Å²) in [5, 5.41) is 3.56. The molecule has 1 fully saturated rings. The Morgan fingerprint density at radius 1 is 0.588 bits per heavy atom. The van der Waals surface area contributed by atoms with Gasteiger partial charge in [-0.25, -0.2) is 0 Å². The Balaban J connectivity index is 2.29. The molecule has 0 saturated heterocycles. The summed E-state index contributed by atoms with van der Waals surface area (Å²) in [6.07, 6.45) is 18.7. The van der Waals surface area contributed by atoms with Gasteiger partial charge in [0.1, 0.15) is 0 Å². The molecule has 0 amide bonds. The Kier molecular flexibility index (Phi) is 7.92. The number of rotatable bonds is 1. The van der Waals surface area contributed by atoms with Gasteiger partial charge in [-0.1, -0.05) is 70.6 Å². The zero-order valence-electron chi connectivity index (χ0n) is 12.2. The molecule has 1 nitrogen and oxygen atoms in total. The Labute approximate surface area is 109 Å². The lowest BCUT2D eigenvalue weighted by Crippen LogP contribution is -2.39. The first-order valence-corrected chi connectivity index (χ1v) is 7.96. The molecule has 1 aliphatic carbocycles. The van der Waals surface area contributed by atoms with Crippen LogP contribution in [-0.4, -0.2) is 12.6 Å². The van der Waals surface area contributed by atoms with Gasteiger partial charge >= 0.3 is 0 Å². The molecule has 102 valence electrons. The van der Waals surface area contributed by atoms with Gasteiger partial charge in [-0.05, 0) is 26.8 Å². The topological polar surface area (TPSA) is 12.0 Å². The highest BCUT2D eigenvalue weighted by Crippen LogP contribution is 2.23. The zero-order valence-corrected chi connectivity index (χ0v) is 12.2. The molecule has 0 aromatic carbocycles. The summed E-state index contributed by atoms with van der Waals surface area (Å²) in [5.74, 6) is 0. The van der Waals surface area contributed by atoms with Crippen LogP contribution in [0.2, 0.25) is 0 Å². The van der Waals surface area contributed by atoms with Crippen molar-refractivity contribution in [3.05, 3.63) is 0 Å². The summed E-state index contributed by atoms with van der Waals surface area (Å²) >= 11 is 0. The zero-order chi connectivity index (χ0) is 12.4. The van der Waals surface area contributed by atoms with Gasteiger partial charge in [0.05, 0.1) is 0 Å². The van der Waals surface area contributed by atoms with E-state index in [0.717, 1.165) is 0 Å². The Bertz CT molecular complexity index is 162. The van der Waals surface area contributed by atoms with Crippen molar-refractivity contribution in [1.82, 2.24) is 5.32 Å². The van der Waals surface area contributed by atoms with Crippen LogP contribution in [0.25, 0.3) is 0 Å². The third kappa shape index (κ3) is 7.08. The second-order valence-corrected chi connectivity index (χ2v) is 6.20. The maximum atomic E-state index is 3.56. The van der Waals surface area contributed by atoms with Crippen LogP contribution in [-0.2, 0) is 0 Å². The first-order valence-electron chi connectivity index (χ1n) is 7.96. The summed E-state index contributed by atoms with van der Waals surface area (Å²) in [4.78, 5) is 0. The van der Waals surface area contributed by atoms with Crippen LogP contribution in [0.1, 0.15) is 90.4 Å². The lowest BCUT2D eigenvalue weighted by atomic mass is 9.88. The molecule has 0 spiro atoms. The molecule has 1 heteroatoms. The summed E-state index contributed by atoms with van der Waals surface area (Å²) in [6, 6.07) is 0. The maximum absolute atomic E-state index is 3.56. The third-order valence-electron chi connectivity index (χ3n) is 4.56. The van der Waals surface area contributed by atoms with Crippen molar-refractivity contribution in [2.75, 3.05) is 7.05 Å². The van der Waals surface area contributed by atoms with E-state index in [4.69, 9.17) is 0 Å². The van der Waals surface area contributed by atoms with Gasteiger partial charge in [-0.15, -0.1) is 0 Å². The molecule has 0 atom stereocenters. The molecule has 0 aromatic heterocycles. The molecule has 1 rings (SSSR count). The van der Waals surface area contributed by atoms with Crippen LogP contribution in [0, 0.1) is 0 Å². The van der Waals surface area contributed by atoms with Crippen LogP contribution in [0.3, 0.4) is 0 Å². The fraction of sp³-hybridized carbons (Fsp3) is 1.00. The molecule has 0 aliphatic heterocycles. The van der Waals surface area contributed by atoms with E-state index in [1.165, 1.54) is 83.5 Å². The summed E-state index contributed by atoms with van der Waals surface area (Å²) in [6.45, 7) is 2.42. The monoisotopic (exact) mass is 239 g/mol. The van der Waals surface area contributed by atoms with Gasteiger partial charge in [0.2, 0.25) is 0 Å². The van der Waals surface area contributed by atoms with E-state index in [1.54, 1.807) is 0 Å². The minimum absolute atomic E-state index is 0.407. The molecule has 1 aliphatic rings. The van der Waals surface area contributed by atoms with Gasteiger partial charge < -0.3 is 5.32 Å². The minimum atomic E-state index is 0.407. The molecule has 1 N–H and O–H groups in total. The minimum Gasteiger partial charge on any atom is -0.315 e. The van der Waals surface area contributed by atoms with Crippen molar-refractivity contribution in [3.63, 3.8) is 0 Å². The molecular formula is C16H33N. The molecule has 0 radical (unpaired) electrons. The summed E-state index contributed by atoms with van der Waals surface area (Å²) in [5.41, 5.74) is 0.407.